The molecule has 1 saturated carbocycles. The largest absolute Gasteiger partial charge is 0.495 e. The summed E-state index contributed by atoms with van der Waals surface area (Å²) in [6.07, 6.45) is 1.24. The van der Waals surface area contributed by atoms with E-state index in [0.29, 0.717) is 6.42 Å². The van der Waals surface area contributed by atoms with Gasteiger partial charge in [0.2, 0.25) is 0 Å². The highest BCUT2D eigenvalue weighted by Crippen LogP contribution is 2.50. The smallest absolute Gasteiger partial charge is 0.314 e. The molecule has 6 heteroatoms. The zero-order valence-electron chi connectivity index (χ0n) is 9.60. The van der Waals surface area contributed by atoms with Crippen LogP contribution in [0.1, 0.15) is 24.8 Å². The molecule has 0 radical (unpaired) electrons. The fourth-order valence-corrected chi connectivity index (χ4v) is 2.87. The first-order chi connectivity index (χ1) is 8.44. The molecule has 0 aliphatic heterocycles. The molecule has 0 aromatic heterocycles. The van der Waals surface area contributed by atoms with Gasteiger partial charge >= 0.3 is 5.97 Å². The van der Waals surface area contributed by atoms with Crippen molar-refractivity contribution in [1.82, 2.24) is 0 Å². The number of hydrogen-bond acceptors (Lipinski definition) is 2. The maximum atomic E-state index is 14.0. The van der Waals surface area contributed by atoms with Crippen molar-refractivity contribution in [2.45, 2.75) is 24.7 Å². The predicted molar refractivity (Wildman–Crippen MR) is 63.8 cm³/mol. The van der Waals surface area contributed by atoms with Crippen LogP contribution in [0.5, 0.6) is 5.75 Å². The molecule has 0 spiro atoms. The van der Waals surface area contributed by atoms with Crippen molar-refractivity contribution in [3.63, 3.8) is 0 Å². The summed E-state index contributed by atoms with van der Waals surface area (Å²) in [4.78, 5) is 11.4. The van der Waals surface area contributed by atoms with Gasteiger partial charge in [-0.1, -0.05) is 6.42 Å². The molecule has 0 atom stereocenters. The van der Waals surface area contributed by atoms with Crippen molar-refractivity contribution in [3.05, 3.63) is 27.7 Å². The van der Waals surface area contributed by atoms with Crippen LogP contribution in [-0.2, 0) is 10.2 Å². The number of halogens is 3. The zero-order valence-corrected chi connectivity index (χ0v) is 11.2. The molecule has 0 saturated heterocycles. The van der Waals surface area contributed by atoms with E-state index in [1.807, 2.05) is 0 Å². The van der Waals surface area contributed by atoms with Gasteiger partial charge < -0.3 is 9.84 Å². The van der Waals surface area contributed by atoms with Crippen molar-refractivity contribution in [2.75, 3.05) is 7.11 Å². The Morgan fingerprint density at radius 2 is 2.11 bits per heavy atom. The van der Waals surface area contributed by atoms with Crippen molar-refractivity contribution in [1.29, 1.82) is 0 Å². The first-order valence-electron chi connectivity index (χ1n) is 5.39. The molecule has 0 heterocycles. The van der Waals surface area contributed by atoms with Crippen LogP contribution >= 0.6 is 15.9 Å². The number of rotatable bonds is 3. The summed E-state index contributed by atoms with van der Waals surface area (Å²) in [6.45, 7) is 0. The molecule has 1 fully saturated rings. The number of methoxy groups -OCH3 is 1. The van der Waals surface area contributed by atoms with Crippen molar-refractivity contribution >= 4 is 21.9 Å². The first-order valence-corrected chi connectivity index (χ1v) is 6.18. The highest BCUT2D eigenvalue weighted by atomic mass is 79.9. The fourth-order valence-electron chi connectivity index (χ4n) is 2.31. The van der Waals surface area contributed by atoms with Gasteiger partial charge in [-0.15, -0.1) is 0 Å². The van der Waals surface area contributed by atoms with Crippen molar-refractivity contribution in [3.8, 4) is 5.75 Å². The third-order valence-corrected chi connectivity index (χ3v) is 4.01. The Kier molecular flexibility index (Phi) is 3.31. The van der Waals surface area contributed by atoms with Crippen LogP contribution in [0.3, 0.4) is 0 Å². The molecule has 98 valence electrons. The van der Waals surface area contributed by atoms with Crippen LogP contribution in [0.25, 0.3) is 0 Å². The second-order valence-corrected chi connectivity index (χ2v) is 5.16. The van der Waals surface area contributed by atoms with Gasteiger partial charge in [-0.2, -0.15) is 0 Å². The number of aliphatic carboxylic acids is 1. The van der Waals surface area contributed by atoms with E-state index in [0.717, 1.165) is 6.07 Å². The molecule has 1 aromatic rings. The fraction of sp³-hybridized carbons (Fsp3) is 0.417. The molecule has 2 rings (SSSR count). The van der Waals surface area contributed by atoms with E-state index in [2.05, 4.69) is 15.9 Å². The molecular formula is C12H11BrF2O3. The van der Waals surface area contributed by atoms with Crippen LogP contribution in [0.4, 0.5) is 8.78 Å². The summed E-state index contributed by atoms with van der Waals surface area (Å²) < 4.78 is 32.7. The van der Waals surface area contributed by atoms with Gasteiger partial charge in [0.1, 0.15) is 5.75 Å². The molecule has 1 aliphatic rings. The number of ether oxygens (including phenoxy) is 1. The molecule has 1 N–H and O–H groups in total. The van der Waals surface area contributed by atoms with Gasteiger partial charge in [0.25, 0.3) is 0 Å². The van der Waals surface area contributed by atoms with Crippen molar-refractivity contribution < 1.29 is 23.4 Å². The summed E-state index contributed by atoms with van der Waals surface area (Å²) in [5.74, 6) is -3.32. The minimum atomic E-state index is -1.37. The van der Waals surface area contributed by atoms with Crippen molar-refractivity contribution in [2.24, 2.45) is 0 Å². The summed E-state index contributed by atoms with van der Waals surface area (Å²) in [5, 5.41) is 9.30. The van der Waals surface area contributed by atoms with E-state index in [9.17, 15) is 18.7 Å². The molecular weight excluding hydrogens is 310 g/mol. The predicted octanol–water partition coefficient (Wildman–Crippen LogP) is 3.24. The molecule has 0 unspecified atom stereocenters. The van der Waals surface area contributed by atoms with E-state index in [4.69, 9.17) is 4.74 Å². The lowest BCUT2D eigenvalue weighted by Gasteiger charge is -2.39. The van der Waals surface area contributed by atoms with E-state index < -0.39 is 23.0 Å². The number of carboxylic acids is 1. The molecule has 0 bridgehead atoms. The zero-order chi connectivity index (χ0) is 13.5. The Labute approximate surface area is 111 Å². The van der Waals surface area contributed by atoms with Gasteiger partial charge in [-0.25, -0.2) is 8.78 Å². The van der Waals surface area contributed by atoms with E-state index >= 15 is 0 Å². The van der Waals surface area contributed by atoms with Gasteiger partial charge in [-0.05, 0) is 34.8 Å². The third kappa shape index (κ3) is 1.70. The Morgan fingerprint density at radius 1 is 1.50 bits per heavy atom. The SMILES string of the molecule is COc1c(Br)cc(F)c(F)c1C1(C(=O)O)CCC1. The van der Waals surface area contributed by atoms with Crippen LogP contribution in [0.2, 0.25) is 0 Å². The lowest BCUT2D eigenvalue weighted by molar-refractivity contribution is -0.147. The topological polar surface area (TPSA) is 46.5 Å². The lowest BCUT2D eigenvalue weighted by atomic mass is 9.64. The molecule has 3 nitrogen and oxygen atoms in total. The summed E-state index contributed by atoms with van der Waals surface area (Å²) in [5.41, 5.74) is -1.57. The standard InChI is InChI=1S/C12H11BrF2O3/c1-18-10-6(13)5-7(14)9(15)8(10)12(11(16)17)3-2-4-12/h5H,2-4H2,1H3,(H,16,17). The average molecular weight is 321 g/mol. The molecule has 0 amide bonds. The van der Waals surface area contributed by atoms with E-state index in [1.54, 1.807) is 0 Å². The third-order valence-electron chi connectivity index (χ3n) is 3.43. The van der Waals surface area contributed by atoms with Crippen LogP contribution in [0.15, 0.2) is 10.5 Å². The second kappa shape index (κ2) is 4.50. The first kappa shape index (κ1) is 13.3. The minimum absolute atomic E-state index is 0.0519. The maximum Gasteiger partial charge on any atom is 0.314 e. The summed E-state index contributed by atoms with van der Waals surface area (Å²) >= 11 is 3.06. The quantitative estimate of drug-likeness (QED) is 0.870. The van der Waals surface area contributed by atoms with Crippen LogP contribution in [0, 0.1) is 11.6 Å². The Hall–Kier alpha value is -1.17. The van der Waals surface area contributed by atoms with Gasteiger partial charge in [0.05, 0.1) is 22.6 Å². The highest BCUT2D eigenvalue weighted by Gasteiger charge is 2.50. The number of hydrogen-bond donors (Lipinski definition) is 1. The van der Waals surface area contributed by atoms with Gasteiger partial charge in [0, 0.05) is 0 Å². The minimum Gasteiger partial charge on any atom is -0.495 e. The average Bonchev–Trinajstić information content (AvgIpc) is 2.23. The second-order valence-electron chi connectivity index (χ2n) is 4.30. The monoisotopic (exact) mass is 320 g/mol. The summed E-state index contributed by atoms with van der Waals surface area (Å²) in [6, 6.07) is 0.936. The Morgan fingerprint density at radius 3 is 2.50 bits per heavy atom. The van der Waals surface area contributed by atoms with Gasteiger partial charge in [0.15, 0.2) is 11.6 Å². The Bertz CT molecular complexity index is 513. The summed E-state index contributed by atoms with van der Waals surface area (Å²) in [7, 11) is 1.30. The molecule has 1 aromatic carbocycles. The van der Waals surface area contributed by atoms with Crippen LogP contribution < -0.4 is 4.74 Å². The van der Waals surface area contributed by atoms with E-state index in [1.165, 1.54) is 7.11 Å². The number of carboxylic acid groups (broad SMARTS) is 1. The Balaban J connectivity index is 2.72. The maximum absolute atomic E-state index is 14.0. The molecule has 18 heavy (non-hydrogen) atoms. The normalized spacial score (nSPS) is 17.1. The molecule has 1 aliphatic carbocycles. The highest BCUT2D eigenvalue weighted by molar-refractivity contribution is 9.10. The number of benzene rings is 1. The lowest BCUT2D eigenvalue weighted by Crippen LogP contribution is -2.43. The van der Waals surface area contributed by atoms with Gasteiger partial charge in [-0.3, -0.25) is 4.79 Å². The number of carbonyl (C=O) groups is 1. The van der Waals surface area contributed by atoms with Crippen LogP contribution in [-0.4, -0.2) is 18.2 Å². The van der Waals surface area contributed by atoms with E-state index in [-0.39, 0.29) is 28.6 Å².